The van der Waals surface area contributed by atoms with Crippen LogP contribution >= 0.6 is 0 Å². The fraction of sp³-hybridized carbons (Fsp3) is 0.467. The Kier molecular flexibility index (Phi) is 3.40. The number of rotatable bonds is 4. The Bertz CT molecular complexity index is 510. The van der Waals surface area contributed by atoms with Gasteiger partial charge in [0.2, 0.25) is 0 Å². The first kappa shape index (κ1) is 11.5. The second-order valence-corrected chi connectivity index (χ2v) is 4.97. The minimum atomic E-state index is -0.924. The van der Waals surface area contributed by atoms with Gasteiger partial charge in [0, 0.05) is 12.3 Å². The predicted octanol–water partition coefficient (Wildman–Crippen LogP) is 2.79. The lowest BCUT2D eigenvalue weighted by atomic mass is 9.94. The van der Waals surface area contributed by atoms with E-state index in [2.05, 4.69) is 0 Å². The molecule has 1 N–H and O–H groups in total. The Hall–Kier alpha value is -1.64. The minimum Gasteiger partial charge on any atom is -0.481 e. The number of carboxylic acid groups (broad SMARTS) is 1. The van der Waals surface area contributed by atoms with Gasteiger partial charge in [0.1, 0.15) is 5.78 Å². The first-order chi connectivity index (χ1) is 8.99. The summed E-state index contributed by atoms with van der Waals surface area (Å²) in [4.78, 5) is 22.5. The smallest absolute Gasteiger partial charge is 0.310 e. The zero-order valence-electron chi connectivity index (χ0n) is 11.5. The van der Waals surface area contributed by atoms with Gasteiger partial charge in [0.25, 0.3) is 0 Å². The molecule has 0 heterocycles. The van der Waals surface area contributed by atoms with Crippen LogP contribution < -0.4 is 0 Å². The highest BCUT2D eigenvalue weighted by Gasteiger charge is 2.24. The third-order valence-corrected chi connectivity index (χ3v) is 3.65. The summed E-state index contributed by atoms with van der Waals surface area (Å²) in [6.45, 7) is 1.58. The molecule has 0 bridgehead atoms. The largest absolute Gasteiger partial charge is 0.481 e. The van der Waals surface area contributed by atoms with Crippen molar-refractivity contribution in [3.05, 3.63) is 35.4 Å². The van der Waals surface area contributed by atoms with Gasteiger partial charge in [-0.2, -0.15) is 0 Å². The topological polar surface area (TPSA) is 54.4 Å². The van der Waals surface area contributed by atoms with Crippen molar-refractivity contribution >= 4 is 11.8 Å². The Morgan fingerprint density at radius 2 is 2.33 bits per heavy atom. The van der Waals surface area contributed by atoms with E-state index in [0.717, 1.165) is 18.4 Å². The van der Waals surface area contributed by atoms with Gasteiger partial charge in [0.15, 0.2) is 0 Å². The van der Waals surface area contributed by atoms with E-state index >= 15 is 0 Å². The molecule has 2 rings (SSSR count). The molecular weight excluding hydrogens is 228 g/mol. The third kappa shape index (κ3) is 2.78. The first-order valence-corrected chi connectivity index (χ1v) is 6.34. The molecule has 3 heteroatoms. The molecule has 18 heavy (non-hydrogen) atoms. The number of ketones is 1. The highest BCUT2D eigenvalue weighted by Crippen LogP contribution is 2.25. The zero-order valence-corrected chi connectivity index (χ0v) is 10.5. The van der Waals surface area contributed by atoms with Crippen molar-refractivity contribution in [1.82, 2.24) is 0 Å². The summed E-state index contributed by atoms with van der Waals surface area (Å²) in [5.41, 5.74) is 1.47. The summed E-state index contributed by atoms with van der Waals surface area (Å²) >= 11 is 0. The summed E-state index contributed by atoms with van der Waals surface area (Å²) in [6.07, 6.45) is 3.24. The van der Waals surface area contributed by atoms with Gasteiger partial charge in [-0.15, -0.1) is 0 Å². The molecule has 0 radical (unpaired) electrons. The summed E-state index contributed by atoms with van der Waals surface area (Å²) < 4.78 is 7.91. The van der Waals surface area contributed by atoms with Crippen molar-refractivity contribution < 1.29 is 16.1 Å². The molecule has 0 aliphatic heterocycles. The Labute approximate surface area is 108 Å². The van der Waals surface area contributed by atoms with Crippen molar-refractivity contribution in [2.24, 2.45) is 5.92 Å². The number of aliphatic carboxylic acids is 1. The van der Waals surface area contributed by atoms with Gasteiger partial charge in [-0.25, -0.2) is 0 Å². The summed E-state index contributed by atoms with van der Waals surface area (Å²) in [7, 11) is 0. The van der Waals surface area contributed by atoms with Crippen molar-refractivity contribution in [2.45, 2.75) is 38.5 Å². The van der Waals surface area contributed by atoms with Crippen LogP contribution in [0.15, 0.2) is 24.2 Å². The highest BCUT2D eigenvalue weighted by molar-refractivity contribution is 5.83. The molecule has 1 aromatic carbocycles. The van der Waals surface area contributed by atoms with Crippen LogP contribution in [0.25, 0.3) is 0 Å². The van der Waals surface area contributed by atoms with Gasteiger partial charge >= 0.3 is 5.97 Å². The van der Waals surface area contributed by atoms with E-state index in [0.29, 0.717) is 24.2 Å². The molecule has 0 amide bonds. The summed E-state index contributed by atoms with van der Waals surface area (Å²) in [6, 6.07) is 5.49. The lowest BCUT2D eigenvalue weighted by molar-refractivity contribution is -0.138. The Balaban J connectivity index is 2.14. The second-order valence-electron chi connectivity index (χ2n) is 4.97. The molecule has 0 saturated heterocycles. The average Bonchev–Trinajstić information content (AvgIpc) is 2.74. The van der Waals surface area contributed by atoms with Crippen LogP contribution in [0.1, 0.15) is 44.6 Å². The quantitative estimate of drug-likeness (QED) is 0.890. The number of carbonyl (C=O) groups is 2. The number of hydrogen-bond acceptors (Lipinski definition) is 2. The summed E-state index contributed by atoms with van der Waals surface area (Å²) in [5, 5.41) is 8.97. The molecule has 1 aliphatic carbocycles. The van der Waals surface area contributed by atoms with Crippen molar-refractivity contribution in [2.75, 3.05) is 0 Å². The van der Waals surface area contributed by atoms with E-state index in [4.69, 9.17) is 6.48 Å². The van der Waals surface area contributed by atoms with Crippen molar-refractivity contribution in [1.29, 1.82) is 0 Å². The lowest BCUT2D eigenvalue weighted by Gasteiger charge is -2.10. The number of hydrogen-bond donors (Lipinski definition) is 1. The number of Topliss-reactive ketones (excluding diaryl/α,β-unsaturated/α-hetero) is 1. The molecule has 1 aliphatic rings. The van der Waals surface area contributed by atoms with Gasteiger partial charge in [-0.1, -0.05) is 24.2 Å². The number of carbonyl (C=O) groups excluding carboxylic acids is 1. The van der Waals surface area contributed by atoms with E-state index in [9.17, 15) is 9.59 Å². The number of carboxylic acids is 1. The molecular formula is C15H18O3. The SMILES string of the molecule is [2H]c1cc(CC2CCCC2=O)ccc1C(C)C(=O)O. The van der Waals surface area contributed by atoms with Crippen LogP contribution in [0.4, 0.5) is 0 Å². The zero-order chi connectivity index (χ0) is 14.0. The van der Waals surface area contributed by atoms with Crippen LogP contribution in [-0.4, -0.2) is 16.9 Å². The van der Waals surface area contributed by atoms with Crippen LogP contribution in [0, 0.1) is 5.92 Å². The van der Waals surface area contributed by atoms with E-state index in [-0.39, 0.29) is 12.0 Å². The maximum atomic E-state index is 11.6. The fourth-order valence-electron chi connectivity index (χ4n) is 2.39. The monoisotopic (exact) mass is 247 g/mol. The average molecular weight is 247 g/mol. The van der Waals surface area contributed by atoms with E-state index in [1.165, 1.54) is 0 Å². The van der Waals surface area contributed by atoms with Crippen LogP contribution in [0.3, 0.4) is 0 Å². The third-order valence-electron chi connectivity index (χ3n) is 3.65. The molecule has 1 aromatic rings. The predicted molar refractivity (Wildman–Crippen MR) is 68.5 cm³/mol. The maximum Gasteiger partial charge on any atom is 0.310 e. The second kappa shape index (κ2) is 5.34. The van der Waals surface area contributed by atoms with Crippen molar-refractivity contribution in [3.63, 3.8) is 0 Å². The molecule has 2 unspecified atom stereocenters. The Morgan fingerprint density at radius 1 is 1.56 bits per heavy atom. The van der Waals surface area contributed by atoms with Gasteiger partial charge < -0.3 is 5.11 Å². The highest BCUT2D eigenvalue weighted by atomic mass is 16.4. The normalized spacial score (nSPS) is 21.7. The first-order valence-electron chi connectivity index (χ1n) is 6.84. The van der Waals surface area contributed by atoms with Crippen LogP contribution in [0.2, 0.25) is 0 Å². The van der Waals surface area contributed by atoms with E-state index in [1.54, 1.807) is 19.1 Å². The van der Waals surface area contributed by atoms with E-state index < -0.39 is 11.9 Å². The molecule has 0 aromatic heterocycles. The molecule has 3 nitrogen and oxygen atoms in total. The molecule has 96 valence electrons. The van der Waals surface area contributed by atoms with E-state index in [1.807, 2.05) is 6.07 Å². The van der Waals surface area contributed by atoms with Crippen LogP contribution in [0.5, 0.6) is 0 Å². The number of benzene rings is 1. The fourth-order valence-corrected chi connectivity index (χ4v) is 2.39. The molecule has 2 atom stereocenters. The summed E-state index contributed by atoms with van der Waals surface area (Å²) in [5.74, 6) is -1.20. The van der Waals surface area contributed by atoms with Gasteiger partial charge in [-0.05, 0) is 37.3 Å². The molecule has 1 fully saturated rings. The van der Waals surface area contributed by atoms with Gasteiger partial charge in [0.05, 0.1) is 7.29 Å². The molecule has 1 saturated carbocycles. The molecule has 0 spiro atoms. The standard InChI is InChI=1S/C15H18O3/c1-10(15(17)18)12-7-5-11(6-8-12)9-13-3-2-4-14(13)16/h5-8,10,13H,2-4,9H2,1H3,(H,17,18)/i7D. The van der Waals surface area contributed by atoms with Crippen molar-refractivity contribution in [3.8, 4) is 0 Å². The van der Waals surface area contributed by atoms with Crippen LogP contribution in [-0.2, 0) is 16.0 Å². The van der Waals surface area contributed by atoms with Gasteiger partial charge in [-0.3, -0.25) is 9.59 Å². The maximum absolute atomic E-state index is 11.6. The Morgan fingerprint density at radius 3 is 2.89 bits per heavy atom. The lowest BCUT2D eigenvalue weighted by Crippen LogP contribution is -2.10. The minimum absolute atomic E-state index is 0.0853.